The average Bonchev–Trinajstić information content (AvgIpc) is 3.51. The Balaban J connectivity index is 1.41. The molecule has 3 aromatic rings. The second-order valence-corrected chi connectivity index (χ2v) is 9.90. The first-order valence-electron chi connectivity index (χ1n) is 11.9. The molecule has 11 nitrogen and oxygen atoms in total. The van der Waals surface area contributed by atoms with Crippen molar-refractivity contribution in [3.63, 3.8) is 0 Å². The third kappa shape index (κ3) is 5.31. The number of hydroxylamine groups is 2. The molecule has 3 heterocycles. The topological polar surface area (TPSA) is 128 Å². The van der Waals surface area contributed by atoms with Gasteiger partial charge in [-0.2, -0.15) is 0 Å². The number of hydrogen-bond donors (Lipinski definition) is 2. The molecule has 2 aliphatic rings. The van der Waals surface area contributed by atoms with Crippen molar-refractivity contribution < 1.29 is 24.0 Å². The highest BCUT2D eigenvalue weighted by molar-refractivity contribution is 6.32. The molecular weight excluding hydrogens is 535 g/mol. The van der Waals surface area contributed by atoms with Crippen LogP contribution in [0.15, 0.2) is 36.5 Å². The van der Waals surface area contributed by atoms with E-state index in [1.165, 1.54) is 35.2 Å². The number of nitrogens with zero attached hydrogens (tertiary/aromatic N) is 4. The maximum Gasteiger partial charge on any atom is 0.274 e. The smallest absolute Gasteiger partial charge is 0.274 e. The quantitative estimate of drug-likeness (QED) is 0.433. The molecule has 38 heavy (non-hydrogen) atoms. The van der Waals surface area contributed by atoms with Crippen molar-refractivity contribution >= 4 is 46.6 Å². The number of aryl methyl sites for hydroxylation is 1. The normalized spacial score (nSPS) is 17.0. The van der Waals surface area contributed by atoms with Gasteiger partial charge in [0.05, 0.1) is 29.9 Å². The highest BCUT2D eigenvalue weighted by atomic mass is 35.5. The van der Waals surface area contributed by atoms with Gasteiger partial charge >= 0.3 is 0 Å². The Morgan fingerprint density at radius 1 is 1.21 bits per heavy atom. The number of methoxy groups -OCH3 is 1. The standard InChI is InChI=1S/C25H24Cl2N6O5/c1-13-8-15(26)9-16(23(34)29-18-12-38-32(25(18)36)11-14-5-6-14)21(13)30-24(35)19-10-20(37-2)31-33(19)22-17(27)4-3-7-28-22/h3-4,7-10,14,18H,5-6,11-12H2,1-2H3,(H,29,34)(H,30,35). The summed E-state index contributed by atoms with van der Waals surface area (Å²) in [5, 5.41) is 11.6. The minimum atomic E-state index is -0.846. The fraction of sp³-hybridized carbons (Fsp3) is 0.320. The summed E-state index contributed by atoms with van der Waals surface area (Å²) in [7, 11) is 1.42. The molecule has 1 aromatic carbocycles. The van der Waals surface area contributed by atoms with Crippen LogP contribution in [0.1, 0.15) is 39.3 Å². The highest BCUT2D eigenvalue weighted by Gasteiger charge is 2.38. The van der Waals surface area contributed by atoms with Gasteiger partial charge in [-0.1, -0.05) is 23.2 Å². The first kappa shape index (κ1) is 26.0. The molecule has 0 radical (unpaired) electrons. The zero-order chi connectivity index (χ0) is 27.0. The van der Waals surface area contributed by atoms with E-state index >= 15 is 0 Å². The van der Waals surface area contributed by atoms with Gasteiger partial charge in [-0.05, 0) is 55.5 Å². The summed E-state index contributed by atoms with van der Waals surface area (Å²) in [6, 6.07) is 6.89. The predicted octanol–water partition coefficient (Wildman–Crippen LogP) is 3.43. The summed E-state index contributed by atoms with van der Waals surface area (Å²) in [6.07, 6.45) is 3.64. The highest BCUT2D eigenvalue weighted by Crippen LogP contribution is 2.31. The molecule has 2 N–H and O–H groups in total. The van der Waals surface area contributed by atoms with Gasteiger partial charge < -0.3 is 15.4 Å². The van der Waals surface area contributed by atoms with Crippen LogP contribution in [0.4, 0.5) is 5.69 Å². The Kier molecular flexibility index (Phi) is 7.24. The van der Waals surface area contributed by atoms with Crippen molar-refractivity contribution in [1.82, 2.24) is 25.1 Å². The van der Waals surface area contributed by atoms with E-state index in [1.54, 1.807) is 25.1 Å². The largest absolute Gasteiger partial charge is 0.480 e. The summed E-state index contributed by atoms with van der Waals surface area (Å²) in [6.45, 7) is 2.25. The maximum atomic E-state index is 13.5. The second-order valence-electron chi connectivity index (χ2n) is 9.06. The van der Waals surface area contributed by atoms with Gasteiger partial charge in [0.25, 0.3) is 17.7 Å². The number of hydrogen-bond acceptors (Lipinski definition) is 7. The van der Waals surface area contributed by atoms with Gasteiger partial charge in [0.1, 0.15) is 18.3 Å². The van der Waals surface area contributed by atoms with E-state index in [4.69, 9.17) is 32.8 Å². The van der Waals surface area contributed by atoms with Crippen molar-refractivity contribution in [3.05, 3.63) is 63.4 Å². The Morgan fingerprint density at radius 3 is 2.71 bits per heavy atom. The van der Waals surface area contributed by atoms with Crippen LogP contribution in [0.5, 0.6) is 5.88 Å². The van der Waals surface area contributed by atoms with Crippen LogP contribution < -0.4 is 15.4 Å². The average molecular weight is 559 g/mol. The predicted molar refractivity (Wildman–Crippen MR) is 139 cm³/mol. The number of nitrogens with one attached hydrogen (secondary N) is 2. The van der Waals surface area contributed by atoms with Crippen molar-refractivity contribution in [3.8, 4) is 11.7 Å². The fourth-order valence-corrected chi connectivity index (χ4v) is 4.55. The van der Waals surface area contributed by atoms with Crippen LogP contribution in [-0.2, 0) is 9.63 Å². The van der Waals surface area contributed by atoms with E-state index in [0.717, 1.165) is 12.8 Å². The van der Waals surface area contributed by atoms with E-state index in [1.807, 2.05) is 0 Å². The second kappa shape index (κ2) is 10.6. The lowest BCUT2D eigenvalue weighted by Crippen LogP contribution is -2.43. The monoisotopic (exact) mass is 558 g/mol. The van der Waals surface area contributed by atoms with Gasteiger partial charge in [-0.15, -0.1) is 5.10 Å². The number of anilines is 1. The van der Waals surface area contributed by atoms with E-state index in [-0.39, 0.29) is 46.2 Å². The summed E-state index contributed by atoms with van der Waals surface area (Å²) in [5.41, 5.74) is 0.912. The number of benzene rings is 1. The lowest BCUT2D eigenvalue weighted by molar-refractivity contribution is -0.162. The summed E-state index contributed by atoms with van der Waals surface area (Å²) < 4.78 is 6.46. The molecule has 0 spiro atoms. The van der Waals surface area contributed by atoms with Crippen LogP contribution in [0.2, 0.25) is 10.0 Å². The van der Waals surface area contributed by atoms with Gasteiger partial charge in [0.2, 0.25) is 5.88 Å². The zero-order valence-corrected chi connectivity index (χ0v) is 22.0. The van der Waals surface area contributed by atoms with Crippen molar-refractivity contribution in [2.75, 3.05) is 25.6 Å². The molecule has 1 unspecified atom stereocenters. The molecule has 2 fully saturated rings. The third-order valence-electron chi connectivity index (χ3n) is 6.22. The number of amides is 3. The van der Waals surface area contributed by atoms with Crippen molar-refractivity contribution in [1.29, 1.82) is 0 Å². The number of carbonyl (C=O) groups excluding carboxylic acids is 3. The third-order valence-corrected chi connectivity index (χ3v) is 6.73. The van der Waals surface area contributed by atoms with Crippen LogP contribution in [0, 0.1) is 12.8 Å². The van der Waals surface area contributed by atoms with Crippen molar-refractivity contribution in [2.24, 2.45) is 5.92 Å². The number of ether oxygens (including phenoxy) is 1. The first-order valence-corrected chi connectivity index (χ1v) is 12.6. The molecule has 1 atom stereocenters. The lowest BCUT2D eigenvalue weighted by Gasteiger charge is -2.17. The summed E-state index contributed by atoms with van der Waals surface area (Å²) >= 11 is 12.5. The van der Waals surface area contributed by atoms with Gasteiger partial charge in [0, 0.05) is 17.3 Å². The van der Waals surface area contributed by atoms with E-state index in [9.17, 15) is 14.4 Å². The van der Waals surface area contributed by atoms with Gasteiger partial charge in [-0.3, -0.25) is 19.2 Å². The maximum absolute atomic E-state index is 13.5. The van der Waals surface area contributed by atoms with E-state index < -0.39 is 17.9 Å². The molecule has 3 amide bonds. The summed E-state index contributed by atoms with van der Waals surface area (Å²) in [5.74, 6) is -0.656. The SMILES string of the molecule is COc1cc(C(=O)Nc2c(C)cc(Cl)cc2C(=O)NC2CON(CC3CC3)C2=O)n(-c2ncccc2Cl)n1. The van der Waals surface area contributed by atoms with Crippen molar-refractivity contribution in [2.45, 2.75) is 25.8 Å². The molecule has 1 aliphatic carbocycles. The molecule has 2 aromatic heterocycles. The first-order chi connectivity index (χ1) is 18.2. The Labute approximate surface area is 228 Å². The molecular formula is C25H24Cl2N6O5. The van der Waals surface area contributed by atoms with Gasteiger partial charge in [-0.25, -0.2) is 14.7 Å². The summed E-state index contributed by atoms with van der Waals surface area (Å²) in [4.78, 5) is 49.2. The minimum Gasteiger partial charge on any atom is -0.480 e. The number of carbonyl (C=O) groups is 3. The van der Waals surface area contributed by atoms with Crippen LogP contribution in [0.25, 0.3) is 5.82 Å². The number of pyridine rings is 1. The molecule has 198 valence electrons. The zero-order valence-electron chi connectivity index (χ0n) is 20.5. The Bertz CT molecular complexity index is 1420. The number of aromatic nitrogens is 3. The molecule has 1 aliphatic heterocycles. The molecule has 1 saturated carbocycles. The minimum absolute atomic E-state index is 0.0301. The Morgan fingerprint density at radius 2 is 2.00 bits per heavy atom. The van der Waals surface area contributed by atoms with Crippen LogP contribution in [0.3, 0.4) is 0 Å². The lowest BCUT2D eigenvalue weighted by atomic mass is 10.1. The Hall–Kier alpha value is -3.67. The van der Waals surface area contributed by atoms with Gasteiger partial charge in [0.15, 0.2) is 5.82 Å². The number of halogens is 2. The van der Waals surface area contributed by atoms with Crippen LogP contribution >= 0.6 is 23.2 Å². The fourth-order valence-electron chi connectivity index (χ4n) is 4.07. The van der Waals surface area contributed by atoms with Crippen LogP contribution in [-0.4, -0.2) is 63.9 Å². The molecule has 0 bridgehead atoms. The van der Waals surface area contributed by atoms with E-state index in [2.05, 4.69) is 20.7 Å². The van der Waals surface area contributed by atoms with E-state index in [0.29, 0.717) is 23.0 Å². The molecule has 1 saturated heterocycles. The molecule has 13 heteroatoms. The molecule has 5 rings (SSSR count). The number of rotatable bonds is 8.